The second-order valence-corrected chi connectivity index (χ2v) is 4.11. The molecule has 0 fully saturated rings. The number of hydrogen-bond donors (Lipinski definition) is 0. The van der Waals surface area contributed by atoms with Crippen molar-refractivity contribution in [3.05, 3.63) is 11.9 Å². The van der Waals surface area contributed by atoms with E-state index in [1.54, 1.807) is 18.0 Å². The predicted molar refractivity (Wildman–Crippen MR) is 67.5 cm³/mol. The topological polar surface area (TPSA) is 44.1 Å². The molecule has 17 heavy (non-hydrogen) atoms. The third kappa shape index (κ3) is 3.58. The molecule has 0 aromatic carbocycles. The van der Waals surface area contributed by atoms with Gasteiger partial charge in [-0.2, -0.15) is 5.10 Å². The van der Waals surface area contributed by atoms with Gasteiger partial charge in [0.25, 0.3) is 0 Å². The molecular formula is C13H22N2O2. The van der Waals surface area contributed by atoms with Crippen LogP contribution in [0.3, 0.4) is 0 Å². The van der Waals surface area contributed by atoms with Crippen LogP contribution in [0.1, 0.15) is 56.4 Å². The number of carbonyl (C=O) groups excluding carboxylic acids is 1. The normalized spacial score (nSPS) is 10.5. The van der Waals surface area contributed by atoms with E-state index in [1.165, 1.54) is 12.8 Å². The molecule has 0 aliphatic heterocycles. The van der Waals surface area contributed by atoms with Crippen LogP contribution in [0.15, 0.2) is 6.20 Å². The second kappa shape index (κ2) is 7.09. The summed E-state index contributed by atoms with van der Waals surface area (Å²) in [6, 6.07) is 0. The van der Waals surface area contributed by atoms with Gasteiger partial charge < -0.3 is 4.74 Å². The molecule has 1 heterocycles. The molecule has 0 aliphatic rings. The van der Waals surface area contributed by atoms with Gasteiger partial charge in [0.05, 0.1) is 13.3 Å². The SMILES string of the molecule is CCCCCCC(=O)c1c(OC)cnn1CC. The van der Waals surface area contributed by atoms with Crippen molar-refractivity contribution in [1.29, 1.82) is 0 Å². The van der Waals surface area contributed by atoms with E-state index in [2.05, 4.69) is 12.0 Å². The van der Waals surface area contributed by atoms with Crippen molar-refractivity contribution in [2.24, 2.45) is 0 Å². The van der Waals surface area contributed by atoms with Gasteiger partial charge in [0.1, 0.15) is 5.69 Å². The Morgan fingerprint density at radius 1 is 1.35 bits per heavy atom. The van der Waals surface area contributed by atoms with Crippen molar-refractivity contribution < 1.29 is 9.53 Å². The van der Waals surface area contributed by atoms with E-state index >= 15 is 0 Å². The minimum Gasteiger partial charge on any atom is -0.493 e. The summed E-state index contributed by atoms with van der Waals surface area (Å²) in [7, 11) is 1.57. The summed E-state index contributed by atoms with van der Waals surface area (Å²) >= 11 is 0. The van der Waals surface area contributed by atoms with Gasteiger partial charge in [-0.25, -0.2) is 0 Å². The van der Waals surface area contributed by atoms with E-state index in [0.717, 1.165) is 12.8 Å². The zero-order chi connectivity index (χ0) is 12.7. The van der Waals surface area contributed by atoms with Crippen LogP contribution in [0.25, 0.3) is 0 Å². The fraction of sp³-hybridized carbons (Fsp3) is 0.692. The highest BCUT2D eigenvalue weighted by atomic mass is 16.5. The smallest absolute Gasteiger partial charge is 0.184 e. The average Bonchev–Trinajstić information content (AvgIpc) is 2.77. The van der Waals surface area contributed by atoms with Gasteiger partial charge in [0, 0.05) is 13.0 Å². The Morgan fingerprint density at radius 3 is 2.71 bits per heavy atom. The van der Waals surface area contributed by atoms with Gasteiger partial charge in [-0.05, 0) is 13.3 Å². The Bertz CT molecular complexity index is 337. The lowest BCUT2D eigenvalue weighted by atomic mass is 10.1. The van der Waals surface area contributed by atoms with Crippen molar-refractivity contribution in [3.8, 4) is 5.75 Å². The highest BCUT2D eigenvalue weighted by Crippen LogP contribution is 2.20. The Morgan fingerprint density at radius 2 is 2.12 bits per heavy atom. The van der Waals surface area contributed by atoms with Crippen molar-refractivity contribution in [2.45, 2.75) is 52.5 Å². The van der Waals surface area contributed by atoms with Crippen molar-refractivity contribution in [1.82, 2.24) is 9.78 Å². The zero-order valence-corrected chi connectivity index (χ0v) is 11.0. The number of nitrogens with zero attached hydrogens (tertiary/aromatic N) is 2. The maximum Gasteiger partial charge on any atom is 0.184 e. The van der Waals surface area contributed by atoms with E-state index in [-0.39, 0.29) is 5.78 Å². The third-order valence-corrected chi connectivity index (χ3v) is 2.85. The predicted octanol–water partition coefficient (Wildman–Crippen LogP) is 3.06. The van der Waals surface area contributed by atoms with Crippen molar-refractivity contribution >= 4 is 5.78 Å². The first-order valence-corrected chi connectivity index (χ1v) is 6.37. The van der Waals surface area contributed by atoms with Gasteiger partial charge >= 0.3 is 0 Å². The molecule has 0 amide bonds. The quantitative estimate of drug-likeness (QED) is 0.516. The number of Topliss-reactive ketones (excluding diaryl/α,β-unsaturated/α-hetero) is 1. The van der Waals surface area contributed by atoms with Crippen LogP contribution in [0, 0.1) is 0 Å². The Hall–Kier alpha value is -1.32. The van der Waals surface area contributed by atoms with Crippen LogP contribution >= 0.6 is 0 Å². The van der Waals surface area contributed by atoms with Crippen molar-refractivity contribution in [2.75, 3.05) is 7.11 Å². The number of rotatable bonds is 8. The van der Waals surface area contributed by atoms with E-state index in [9.17, 15) is 4.79 Å². The number of carbonyl (C=O) groups is 1. The summed E-state index contributed by atoms with van der Waals surface area (Å²) in [5.41, 5.74) is 0.617. The monoisotopic (exact) mass is 238 g/mol. The first-order valence-electron chi connectivity index (χ1n) is 6.37. The standard InChI is InChI=1S/C13H22N2O2/c1-4-6-7-8-9-11(16)13-12(17-3)10-14-15(13)5-2/h10H,4-9H2,1-3H3. The van der Waals surface area contributed by atoms with Gasteiger partial charge in [-0.3, -0.25) is 9.48 Å². The summed E-state index contributed by atoms with van der Waals surface area (Å²) in [5, 5.41) is 4.14. The molecule has 0 radical (unpaired) electrons. The minimum absolute atomic E-state index is 0.136. The molecule has 1 aromatic heterocycles. The minimum atomic E-state index is 0.136. The summed E-state index contributed by atoms with van der Waals surface area (Å²) in [6.45, 7) is 4.83. The molecule has 0 saturated heterocycles. The van der Waals surface area contributed by atoms with Crippen molar-refractivity contribution in [3.63, 3.8) is 0 Å². The van der Waals surface area contributed by atoms with E-state index in [4.69, 9.17) is 4.74 Å². The number of unbranched alkanes of at least 4 members (excludes halogenated alkanes) is 3. The molecule has 0 N–H and O–H groups in total. The zero-order valence-electron chi connectivity index (χ0n) is 11.0. The highest BCUT2D eigenvalue weighted by molar-refractivity contribution is 5.96. The van der Waals surface area contributed by atoms with E-state index in [1.807, 2.05) is 6.92 Å². The van der Waals surface area contributed by atoms with Crippen LogP contribution in [-0.2, 0) is 6.54 Å². The molecule has 4 nitrogen and oxygen atoms in total. The molecule has 0 saturated carbocycles. The summed E-state index contributed by atoms with van der Waals surface area (Å²) in [6.07, 6.45) is 6.64. The van der Waals surface area contributed by atoms with Crippen LogP contribution < -0.4 is 4.74 Å². The molecule has 0 bridgehead atoms. The van der Waals surface area contributed by atoms with Gasteiger partial charge in [0.15, 0.2) is 11.5 Å². The highest BCUT2D eigenvalue weighted by Gasteiger charge is 2.17. The first-order chi connectivity index (χ1) is 8.24. The number of methoxy groups -OCH3 is 1. The fourth-order valence-corrected chi connectivity index (χ4v) is 1.87. The Balaban J connectivity index is 2.63. The van der Waals surface area contributed by atoms with Gasteiger partial charge in [0.2, 0.25) is 0 Å². The van der Waals surface area contributed by atoms with E-state index < -0.39 is 0 Å². The number of aryl methyl sites for hydroxylation is 1. The Kier molecular flexibility index (Phi) is 5.73. The lowest BCUT2D eigenvalue weighted by molar-refractivity contribution is 0.0965. The summed E-state index contributed by atoms with van der Waals surface area (Å²) in [5.74, 6) is 0.727. The summed E-state index contributed by atoms with van der Waals surface area (Å²) < 4.78 is 6.88. The molecule has 1 rings (SSSR count). The summed E-state index contributed by atoms with van der Waals surface area (Å²) in [4.78, 5) is 12.1. The lowest BCUT2D eigenvalue weighted by Crippen LogP contribution is -2.10. The van der Waals surface area contributed by atoms with Gasteiger partial charge in [-0.1, -0.05) is 26.2 Å². The molecule has 1 aromatic rings. The number of ketones is 1. The molecule has 0 spiro atoms. The molecule has 0 aliphatic carbocycles. The van der Waals surface area contributed by atoms with Gasteiger partial charge in [-0.15, -0.1) is 0 Å². The molecule has 4 heteroatoms. The first kappa shape index (κ1) is 13.7. The second-order valence-electron chi connectivity index (χ2n) is 4.11. The van der Waals surface area contributed by atoms with Crippen LogP contribution in [0.4, 0.5) is 0 Å². The molecule has 0 unspecified atom stereocenters. The molecular weight excluding hydrogens is 216 g/mol. The molecule has 0 atom stereocenters. The molecule has 96 valence electrons. The lowest BCUT2D eigenvalue weighted by Gasteiger charge is -2.06. The van der Waals surface area contributed by atoms with Crippen LogP contribution in [-0.4, -0.2) is 22.7 Å². The number of aromatic nitrogens is 2. The number of ether oxygens (including phenoxy) is 1. The largest absolute Gasteiger partial charge is 0.493 e. The maximum atomic E-state index is 12.1. The Labute approximate surface area is 103 Å². The van der Waals surface area contributed by atoms with Crippen LogP contribution in [0.2, 0.25) is 0 Å². The maximum absolute atomic E-state index is 12.1. The third-order valence-electron chi connectivity index (χ3n) is 2.85. The fourth-order valence-electron chi connectivity index (χ4n) is 1.87. The average molecular weight is 238 g/mol. The number of hydrogen-bond acceptors (Lipinski definition) is 3. The van der Waals surface area contributed by atoms with Crippen LogP contribution in [0.5, 0.6) is 5.75 Å². The van der Waals surface area contributed by atoms with E-state index in [0.29, 0.717) is 24.4 Å².